The molecule has 0 aliphatic carbocycles. The Balaban J connectivity index is 3.01. The van der Waals surface area contributed by atoms with Crippen LogP contribution in [-0.2, 0) is 4.79 Å². The van der Waals surface area contributed by atoms with Crippen LogP contribution in [0.2, 0.25) is 0 Å². The highest BCUT2D eigenvalue weighted by molar-refractivity contribution is 14.1. The predicted molar refractivity (Wildman–Crippen MR) is 95.7 cm³/mol. The van der Waals surface area contributed by atoms with Crippen LogP contribution in [0.1, 0.15) is 52.0 Å². The Morgan fingerprint density at radius 2 is 2.00 bits per heavy atom. The number of alkyl halides is 1. The number of carbonyl (C=O) groups is 1. The summed E-state index contributed by atoms with van der Waals surface area (Å²) in [6.07, 6.45) is 4.42. The van der Waals surface area contributed by atoms with Gasteiger partial charge in [0.1, 0.15) is 5.82 Å². The number of nitrogens with zero attached hydrogens (tertiary/aromatic N) is 1. The van der Waals surface area contributed by atoms with Gasteiger partial charge in [0.15, 0.2) is 0 Å². The molecule has 1 rings (SSSR count). The van der Waals surface area contributed by atoms with Gasteiger partial charge in [0.25, 0.3) is 0 Å². The zero-order valence-electron chi connectivity index (χ0n) is 13.3. The van der Waals surface area contributed by atoms with Crippen molar-refractivity contribution in [1.82, 2.24) is 0 Å². The molecular formula is C17H25FINO. The van der Waals surface area contributed by atoms with Crippen LogP contribution in [0.4, 0.5) is 10.1 Å². The van der Waals surface area contributed by atoms with Crippen LogP contribution >= 0.6 is 22.6 Å². The maximum Gasteiger partial charge on any atom is 0.239 e. The van der Waals surface area contributed by atoms with Crippen molar-refractivity contribution in [3.05, 3.63) is 29.6 Å². The smallest absolute Gasteiger partial charge is 0.239 e. The zero-order valence-corrected chi connectivity index (χ0v) is 15.5. The van der Waals surface area contributed by atoms with Crippen molar-refractivity contribution in [2.75, 3.05) is 4.90 Å². The molecule has 0 saturated heterocycles. The number of anilines is 1. The number of unbranched alkanes of at least 4 members (excludes halogenated alkanes) is 2. The summed E-state index contributed by atoms with van der Waals surface area (Å²) in [5.41, 5.74) is 1.37. The van der Waals surface area contributed by atoms with E-state index in [1.807, 2.05) is 11.8 Å². The summed E-state index contributed by atoms with van der Waals surface area (Å²) in [6.45, 7) is 7.87. The molecule has 0 fully saturated rings. The molecule has 0 heterocycles. The Hall–Kier alpha value is -0.650. The fourth-order valence-electron chi connectivity index (χ4n) is 2.39. The molecule has 4 heteroatoms. The molecule has 1 aromatic carbocycles. The highest BCUT2D eigenvalue weighted by Crippen LogP contribution is 2.25. The van der Waals surface area contributed by atoms with E-state index in [0.717, 1.165) is 18.5 Å². The molecule has 118 valence electrons. The Bertz CT molecular complexity index is 476. The fourth-order valence-corrected chi connectivity index (χ4v) is 2.69. The summed E-state index contributed by atoms with van der Waals surface area (Å²) >= 11 is 2.14. The standard InChI is InChI=1S/C17H25FINO/c1-5-6-7-8-13(3)20(17(21)14(4)19)15-9-10-16(18)12(2)11-15/h9-11,13-14H,5-8H2,1-4H3. The summed E-state index contributed by atoms with van der Waals surface area (Å²) in [6, 6.07) is 5.05. The highest BCUT2D eigenvalue weighted by Gasteiger charge is 2.25. The monoisotopic (exact) mass is 405 g/mol. The first-order valence-corrected chi connectivity index (χ1v) is 8.86. The van der Waals surface area contributed by atoms with Crippen molar-refractivity contribution in [3.63, 3.8) is 0 Å². The maximum absolute atomic E-state index is 13.5. The van der Waals surface area contributed by atoms with Gasteiger partial charge in [-0.15, -0.1) is 0 Å². The fraction of sp³-hybridized carbons (Fsp3) is 0.588. The molecule has 0 N–H and O–H groups in total. The van der Waals surface area contributed by atoms with E-state index in [2.05, 4.69) is 36.4 Å². The first-order chi connectivity index (χ1) is 9.88. The molecule has 21 heavy (non-hydrogen) atoms. The van der Waals surface area contributed by atoms with Crippen LogP contribution < -0.4 is 4.90 Å². The van der Waals surface area contributed by atoms with Crippen molar-refractivity contribution in [1.29, 1.82) is 0 Å². The topological polar surface area (TPSA) is 20.3 Å². The quantitative estimate of drug-likeness (QED) is 0.344. The molecule has 0 aromatic heterocycles. The van der Waals surface area contributed by atoms with E-state index in [9.17, 15) is 9.18 Å². The summed E-state index contributed by atoms with van der Waals surface area (Å²) in [5.74, 6) is -0.141. The van der Waals surface area contributed by atoms with Gasteiger partial charge in [0.05, 0.1) is 3.92 Å². The third-order valence-electron chi connectivity index (χ3n) is 3.66. The van der Waals surface area contributed by atoms with Crippen LogP contribution in [0.3, 0.4) is 0 Å². The third-order valence-corrected chi connectivity index (χ3v) is 4.20. The minimum atomic E-state index is -0.229. The lowest BCUT2D eigenvalue weighted by Gasteiger charge is -2.31. The number of hydrogen-bond acceptors (Lipinski definition) is 1. The number of carbonyl (C=O) groups excluding carboxylic acids is 1. The van der Waals surface area contributed by atoms with Crippen LogP contribution in [0.15, 0.2) is 18.2 Å². The van der Waals surface area contributed by atoms with Crippen molar-refractivity contribution >= 4 is 34.2 Å². The Labute approximate surface area is 141 Å². The summed E-state index contributed by atoms with van der Waals surface area (Å²) in [4.78, 5) is 14.4. The number of hydrogen-bond donors (Lipinski definition) is 0. The summed E-state index contributed by atoms with van der Waals surface area (Å²) in [7, 11) is 0. The lowest BCUT2D eigenvalue weighted by molar-refractivity contribution is -0.118. The van der Waals surface area contributed by atoms with Gasteiger partial charge in [-0.1, -0.05) is 48.8 Å². The Morgan fingerprint density at radius 1 is 1.33 bits per heavy atom. The average molecular weight is 405 g/mol. The van der Waals surface area contributed by atoms with Gasteiger partial charge in [-0.3, -0.25) is 4.79 Å². The molecule has 1 aromatic rings. The summed E-state index contributed by atoms with van der Waals surface area (Å²) in [5, 5.41) is 0. The minimum Gasteiger partial charge on any atom is -0.309 e. The van der Waals surface area contributed by atoms with E-state index in [4.69, 9.17) is 0 Å². The molecule has 1 amide bonds. The van der Waals surface area contributed by atoms with Crippen LogP contribution in [0, 0.1) is 12.7 Å². The van der Waals surface area contributed by atoms with E-state index in [0.29, 0.717) is 5.56 Å². The van der Waals surface area contributed by atoms with Gasteiger partial charge < -0.3 is 4.90 Å². The van der Waals surface area contributed by atoms with E-state index in [-0.39, 0.29) is 21.7 Å². The highest BCUT2D eigenvalue weighted by atomic mass is 127. The van der Waals surface area contributed by atoms with Gasteiger partial charge in [-0.05, 0) is 51.0 Å². The number of aryl methyl sites for hydroxylation is 1. The molecular weight excluding hydrogens is 380 g/mol. The summed E-state index contributed by atoms with van der Waals surface area (Å²) < 4.78 is 13.4. The van der Waals surface area contributed by atoms with Crippen LogP contribution in [0.5, 0.6) is 0 Å². The molecule has 2 nitrogen and oxygen atoms in total. The molecule has 0 aliphatic heterocycles. The molecule has 0 saturated carbocycles. The van der Waals surface area contributed by atoms with Crippen LogP contribution in [-0.4, -0.2) is 15.9 Å². The third kappa shape index (κ3) is 5.24. The van der Waals surface area contributed by atoms with Gasteiger partial charge in [-0.25, -0.2) is 4.39 Å². The molecule has 0 aliphatic rings. The van der Waals surface area contributed by atoms with Crippen molar-refractivity contribution in [2.24, 2.45) is 0 Å². The number of halogens is 2. The first kappa shape index (κ1) is 18.4. The largest absolute Gasteiger partial charge is 0.309 e. The number of amides is 1. The SMILES string of the molecule is CCCCCC(C)N(C(=O)C(C)I)c1ccc(F)c(C)c1. The molecule has 2 unspecified atom stereocenters. The normalized spacial score (nSPS) is 13.8. The Kier molecular flexibility index (Phi) is 7.63. The second-order valence-electron chi connectivity index (χ2n) is 5.60. The average Bonchev–Trinajstić information content (AvgIpc) is 2.43. The minimum absolute atomic E-state index is 0.0885. The predicted octanol–water partition coefficient (Wildman–Crippen LogP) is 5.26. The molecule has 0 spiro atoms. The van der Waals surface area contributed by atoms with E-state index >= 15 is 0 Å². The zero-order chi connectivity index (χ0) is 16.0. The maximum atomic E-state index is 13.5. The Morgan fingerprint density at radius 3 is 2.52 bits per heavy atom. The van der Waals surface area contributed by atoms with Crippen molar-refractivity contribution in [3.8, 4) is 0 Å². The second-order valence-corrected chi connectivity index (χ2v) is 7.47. The van der Waals surface area contributed by atoms with Gasteiger partial charge in [0.2, 0.25) is 5.91 Å². The molecule has 2 atom stereocenters. The first-order valence-electron chi connectivity index (χ1n) is 7.61. The lowest BCUT2D eigenvalue weighted by Crippen LogP contribution is -2.42. The number of benzene rings is 1. The van der Waals surface area contributed by atoms with Gasteiger partial charge in [-0.2, -0.15) is 0 Å². The van der Waals surface area contributed by atoms with E-state index < -0.39 is 0 Å². The van der Waals surface area contributed by atoms with Gasteiger partial charge >= 0.3 is 0 Å². The van der Waals surface area contributed by atoms with Crippen LogP contribution in [0.25, 0.3) is 0 Å². The second kappa shape index (κ2) is 8.71. The van der Waals surface area contributed by atoms with Gasteiger partial charge in [0, 0.05) is 11.7 Å². The van der Waals surface area contributed by atoms with Crippen molar-refractivity contribution < 1.29 is 9.18 Å². The van der Waals surface area contributed by atoms with E-state index in [1.165, 1.54) is 18.9 Å². The molecule has 0 bridgehead atoms. The van der Waals surface area contributed by atoms with Crippen molar-refractivity contribution in [2.45, 2.75) is 63.3 Å². The lowest BCUT2D eigenvalue weighted by atomic mass is 10.1. The number of rotatable bonds is 7. The molecule has 0 radical (unpaired) electrons. The van der Waals surface area contributed by atoms with E-state index in [1.54, 1.807) is 19.1 Å².